The number of carbonyl (C=O) groups excluding carboxylic acids is 7. The van der Waals surface area contributed by atoms with Gasteiger partial charge < -0.3 is 71.7 Å². The molecule has 21 aromatic rings. The fourth-order valence-electron chi connectivity index (χ4n) is 16.5. The standard InChI is InChI=1S/2C18H17FN2O.3C17H15FN2O.C16H14FN3O.C16H15N3O/c1-12(13-6-4-3-5-7-13)21(2)18(22)17-11-14-10-15(19)8-9-16(14)20-17;1-11-15-10-14(19)8-9-16(15)21-17(11)18(22)20-12(2)13-6-4-3-5-7-13;2*1-11(12-5-3-2-4-6-12)19-17(21)16-10-13-9-14(18)7-8-15(13)20-16;1-11(12-5-3-2-4-6-12)19-17(21)16-9-13-7-8-14(18)10-15(13)20-16;1-10(13-4-2-3-7-18-13)19-16(21)15-9-11-8-12(17)5-6-14(11)20-15;1-11(13-7-4-5-9-17-13)18-16(20)15-10-12-6-2-3-8-14(12)19-15/h3-12,20H,1-2H3;3-10,12,21H,1-2H3,(H,20,22);3*2-11,20H,1H3,(H,19,21);2-10,20H,1H3,(H,19,21);2-11,19H,1H3,(H,18,20)/t2*12-;3*11-;;/m11101../s1. The zero-order chi connectivity index (χ0) is 105. The van der Waals surface area contributed by atoms with Gasteiger partial charge in [0, 0.05) is 95.8 Å². The highest BCUT2D eigenvalue weighted by molar-refractivity contribution is 6.04. The maximum atomic E-state index is 13.3. The van der Waals surface area contributed by atoms with E-state index in [1.807, 2.05) is 274 Å². The van der Waals surface area contributed by atoms with Crippen molar-refractivity contribution in [3.8, 4) is 0 Å². The predicted octanol–water partition coefficient (Wildman–Crippen LogP) is 25.9. The minimum Gasteiger partial charge on any atom is -0.351 e. The number of nitrogens with zero attached hydrogens (tertiary/aromatic N) is 3. The maximum absolute atomic E-state index is 13.3. The lowest BCUT2D eigenvalue weighted by Gasteiger charge is -2.24. The van der Waals surface area contributed by atoms with Gasteiger partial charge in [0.25, 0.3) is 41.4 Å². The number of carbonyl (C=O) groups is 7. The Kier molecular flexibility index (Phi) is 34.1. The third-order valence-corrected chi connectivity index (χ3v) is 24.9. The van der Waals surface area contributed by atoms with E-state index in [9.17, 15) is 59.9 Å². The summed E-state index contributed by atoms with van der Waals surface area (Å²) in [6.07, 6.45) is 3.41. The molecule has 0 radical (unpaired) electrons. The number of fused-ring (bicyclic) bond motifs is 7. The van der Waals surface area contributed by atoms with Gasteiger partial charge in [0.15, 0.2) is 0 Å². The second kappa shape index (κ2) is 48.6. The third kappa shape index (κ3) is 27.1. The van der Waals surface area contributed by atoms with Crippen LogP contribution in [0.15, 0.2) is 370 Å². The molecule has 148 heavy (non-hydrogen) atoms. The van der Waals surface area contributed by atoms with Gasteiger partial charge in [0.2, 0.25) is 0 Å². The maximum Gasteiger partial charge on any atom is 0.270 e. The lowest BCUT2D eigenvalue weighted by atomic mass is 10.1. The molecule has 0 spiro atoms. The number of pyridine rings is 2. The number of hydrogen-bond acceptors (Lipinski definition) is 9. The van der Waals surface area contributed by atoms with Gasteiger partial charge in [0.05, 0.1) is 53.7 Å². The summed E-state index contributed by atoms with van der Waals surface area (Å²) in [6.45, 7) is 15.3. The summed E-state index contributed by atoms with van der Waals surface area (Å²) >= 11 is 0. The van der Waals surface area contributed by atoms with Crippen LogP contribution >= 0.6 is 0 Å². The fraction of sp³-hybridized carbons (Fsp3) is 0.134. The molecule has 0 saturated heterocycles. The molecule has 748 valence electrons. The Labute approximate surface area is 848 Å². The van der Waals surface area contributed by atoms with Gasteiger partial charge in [-0.2, -0.15) is 0 Å². The Balaban J connectivity index is 0.000000129. The molecule has 12 aromatic carbocycles. The molecule has 0 fully saturated rings. The molecule has 0 aliphatic rings. The zero-order valence-corrected chi connectivity index (χ0v) is 82.2. The van der Waals surface area contributed by atoms with Crippen molar-refractivity contribution in [3.63, 3.8) is 0 Å². The van der Waals surface area contributed by atoms with E-state index in [1.54, 1.807) is 91.1 Å². The number of hydrogen-bond donors (Lipinski definition) is 13. The molecule has 21 rings (SSSR count). The van der Waals surface area contributed by atoms with E-state index in [4.69, 9.17) is 0 Å². The molecule has 29 heteroatoms. The first-order valence-corrected chi connectivity index (χ1v) is 47.9. The number of para-hydroxylation sites is 1. The van der Waals surface area contributed by atoms with Gasteiger partial charge >= 0.3 is 0 Å². The number of halogens is 6. The van der Waals surface area contributed by atoms with Crippen LogP contribution in [0.1, 0.15) is 209 Å². The third-order valence-electron chi connectivity index (χ3n) is 24.9. The second-order valence-corrected chi connectivity index (χ2v) is 35.5. The molecule has 2 unspecified atom stereocenters. The molecule has 9 aromatic heterocycles. The average molecular weight is 1990 g/mol. The van der Waals surface area contributed by atoms with Crippen molar-refractivity contribution in [1.82, 2.24) is 81.7 Å². The monoisotopic (exact) mass is 1990 g/mol. The largest absolute Gasteiger partial charge is 0.351 e. The minimum atomic E-state index is -0.325. The summed E-state index contributed by atoms with van der Waals surface area (Å²) in [5.74, 6) is -3.19. The molecule has 23 nitrogen and oxygen atoms in total. The van der Waals surface area contributed by atoms with Crippen molar-refractivity contribution < 1.29 is 59.9 Å². The SMILES string of the molecule is CC(NC(=O)c1cc2cc(F)ccc2[nH]1)c1ccccn1.CC(NC(=O)c1cc2ccccc2[nH]1)c1ccccn1.C[C@@H](NC(=O)c1cc2cc(F)ccc2[nH]1)c1ccccc1.C[C@@H](NC(=O)c1cc2ccc(F)cc2[nH]1)c1ccccc1.C[C@H](NC(=O)c1cc2cc(F)ccc2[nH]1)c1ccccc1.C[C@H](c1ccccc1)N(C)C(=O)c1cc2cc(F)ccc2[nH]1.Cc1c(C(=O)N[C@H](C)c2ccccc2)[nH]c2ccc(F)cc12. The van der Waals surface area contributed by atoms with Crippen LogP contribution in [0, 0.1) is 41.8 Å². The van der Waals surface area contributed by atoms with Crippen LogP contribution in [0.2, 0.25) is 0 Å². The summed E-state index contributed by atoms with van der Waals surface area (Å²) in [5, 5.41) is 22.9. The summed E-state index contributed by atoms with van der Waals surface area (Å²) < 4.78 is 79.2. The van der Waals surface area contributed by atoms with E-state index in [-0.39, 0.29) is 119 Å². The normalized spacial score (nSPS) is 12.3. The second-order valence-electron chi connectivity index (χ2n) is 35.5. The van der Waals surface area contributed by atoms with E-state index in [0.717, 1.165) is 94.0 Å². The van der Waals surface area contributed by atoms with Crippen molar-refractivity contribution in [1.29, 1.82) is 0 Å². The number of rotatable bonds is 21. The van der Waals surface area contributed by atoms with Crippen LogP contribution in [-0.2, 0) is 0 Å². The fourth-order valence-corrected chi connectivity index (χ4v) is 16.5. The highest BCUT2D eigenvalue weighted by Gasteiger charge is 2.25. The summed E-state index contributed by atoms with van der Waals surface area (Å²) in [5.41, 5.74) is 16.1. The Hall–Kier alpha value is -18.4. The smallest absolute Gasteiger partial charge is 0.270 e. The van der Waals surface area contributed by atoms with Crippen LogP contribution < -0.4 is 31.9 Å². The van der Waals surface area contributed by atoms with E-state index in [2.05, 4.69) is 76.8 Å². The molecule has 0 aliphatic carbocycles. The average Bonchev–Trinajstić information content (AvgIpc) is 1.42. The first-order chi connectivity index (χ1) is 71.4. The number of aromatic amines is 7. The van der Waals surface area contributed by atoms with E-state index >= 15 is 0 Å². The molecule has 7 amide bonds. The first-order valence-electron chi connectivity index (χ1n) is 47.9. The van der Waals surface area contributed by atoms with E-state index in [1.165, 1.54) is 72.8 Å². The Morgan fingerprint density at radius 2 is 0.520 bits per heavy atom. The van der Waals surface area contributed by atoms with Crippen LogP contribution in [0.4, 0.5) is 26.3 Å². The Morgan fingerprint density at radius 1 is 0.250 bits per heavy atom. The van der Waals surface area contributed by atoms with Crippen molar-refractivity contribution in [2.45, 2.75) is 97.7 Å². The minimum absolute atomic E-state index is 0.0446. The zero-order valence-electron chi connectivity index (χ0n) is 82.2. The number of amides is 7. The topological polar surface area (TPSA) is 331 Å². The molecule has 0 aliphatic heterocycles. The summed E-state index contributed by atoms with van der Waals surface area (Å²) in [4.78, 5) is 118. The highest BCUT2D eigenvalue weighted by atomic mass is 19.1. The van der Waals surface area contributed by atoms with Crippen molar-refractivity contribution >= 4 is 118 Å². The molecule has 0 saturated carbocycles. The number of aryl methyl sites for hydroxylation is 1. The highest BCUT2D eigenvalue weighted by Crippen LogP contribution is 2.30. The van der Waals surface area contributed by atoms with E-state index in [0.29, 0.717) is 66.9 Å². The predicted molar refractivity (Wildman–Crippen MR) is 569 cm³/mol. The Morgan fingerprint density at radius 3 is 0.878 bits per heavy atom. The number of H-pyrrole nitrogens is 7. The van der Waals surface area contributed by atoms with Crippen molar-refractivity contribution in [3.05, 3.63) is 490 Å². The molecular weight excluding hydrogens is 1880 g/mol. The van der Waals surface area contributed by atoms with Gasteiger partial charge in [-0.3, -0.25) is 43.5 Å². The molecule has 0 bridgehead atoms. The number of benzene rings is 12. The lowest BCUT2D eigenvalue weighted by molar-refractivity contribution is 0.0736. The van der Waals surface area contributed by atoms with Gasteiger partial charge in [-0.1, -0.05) is 182 Å². The van der Waals surface area contributed by atoms with Gasteiger partial charge in [-0.15, -0.1) is 0 Å². The van der Waals surface area contributed by atoms with Gasteiger partial charge in [-0.25, -0.2) is 26.3 Å². The summed E-state index contributed by atoms with van der Waals surface area (Å²) in [6, 6.07) is 104. The number of aromatic nitrogens is 9. The molecular formula is C119H108F6N16O7. The number of nitrogens with one attached hydrogen (secondary N) is 13. The van der Waals surface area contributed by atoms with E-state index < -0.39 is 0 Å². The van der Waals surface area contributed by atoms with Crippen molar-refractivity contribution in [2.24, 2.45) is 0 Å². The van der Waals surface area contributed by atoms with Crippen LogP contribution in [-0.4, -0.2) is 98.2 Å². The first kappa shape index (κ1) is 104. The summed E-state index contributed by atoms with van der Waals surface area (Å²) in [7, 11) is 1.77. The van der Waals surface area contributed by atoms with Crippen molar-refractivity contribution in [2.75, 3.05) is 7.05 Å². The Bertz CT molecular complexity index is 7590. The van der Waals surface area contributed by atoms with Crippen LogP contribution in [0.3, 0.4) is 0 Å². The molecule has 9 heterocycles. The molecule has 7 atom stereocenters. The molecule has 13 N–H and O–H groups in total. The van der Waals surface area contributed by atoms with Gasteiger partial charge in [0.1, 0.15) is 74.8 Å². The van der Waals surface area contributed by atoms with Gasteiger partial charge in [-0.05, 0) is 265 Å². The quantitative estimate of drug-likeness (QED) is 0.0304. The van der Waals surface area contributed by atoms with Crippen LogP contribution in [0.5, 0.6) is 0 Å². The lowest BCUT2D eigenvalue weighted by Crippen LogP contribution is -2.29. The van der Waals surface area contributed by atoms with Crippen LogP contribution in [0.25, 0.3) is 76.3 Å².